The molecular weight excluding hydrogens is 244 g/mol. The average molecular weight is 250 g/mol. The van der Waals surface area contributed by atoms with Crippen LogP contribution in [0.3, 0.4) is 0 Å². The highest BCUT2D eigenvalue weighted by atomic mass is 16.6. The minimum Gasteiger partial charge on any atom is -0.477 e. The molecule has 0 unspecified atom stereocenters. The molecule has 0 bridgehead atoms. The summed E-state index contributed by atoms with van der Waals surface area (Å²) in [5.74, 6) is -1.42. The first kappa shape index (κ1) is 11.6. The zero-order valence-corrected chi connectivity index (χ0v) is 8.73. The molecule has 0 radical (unpaired) electrons. The van der Waals surface area contributed by atoms with Crippen LogP contribution in [-0.2, 0) is 0 Å². The van der Waals surface area contributed by atoms with Crippen molar-refractivity contribution in [3.63, 3.8) is 0 Å². The minimum absolute atomic E-state index is 0.0332. The van der Waals surface area contributed by atoms with Gasteiger partial charge in [0.1, 0.15) is 5.69 Å². The van der Waals surface area contributed by atoms with E-state index in [-0.39, 0.29) is 11.2 Å². The monoisotopic (exact) mass is 250 g/mol. The number of nitro groups is 1. The van der Waals surface area contributed by atoms with Crippen LogP contribution < -0.4 is 0 Å². The standard InChI is InChI=1S/C10H6N2O6/c13-9(14)8-3-5-1-2-6(12(17)18)4-7(5)11(8)10(15)16/h1-4H,(H,13,14)(H,15,16). The van der Waals surface area contributed by atoms with Crippen LogP contribution in [0.15, 0.2) is 24.3 Å². The highest BCUT2D eigenvalue weighted by molar-refractivity contribution is 6.01. The molecule has 1 heterocycles. The number of fused-ring (bicyclic) bond motifs is 1. The lowest BCUT2D eigenvalue weighted by Crippen LogP contribution is -2.14. The Morgan fingerprint density at radius 1 is 1.22 bits per heavy atom. The molecule has 0 fully saturated rings. The van der Waals surface area contributed by atoms with Gasteiger partial charge in [-0.05, 0) is 12.1 Å². The third-order valence-electron chi connectivity index (χ3n) is 2.41. The molecular formula is C10H6N2O6. The van der Waals surface area contributed by atoms with E-state index in [1.54, 1.807) is 0 Å². The van der Waals surface area contributed by atoms with Gasteiger partial charge in [-0.25, -0.2) is 14.2 Å². The van der Waals surface area contributed by atoms with Crippen molar-refractivity contribution in [1.82, 2.24) is 4.57 Å². The number of hydrogen-bond acceptors (Lipinski definition) is 4. The Bertz CT molecular complexity index is 687. The maximum atomic E-state index is 11.0. The lowest BCUT2D eigenvalue weighted by Gasteiger charge is -2.00. The second-order valence-corrected chi connectivity index (χ2v) is 3.45. The summed E-state index contributed by atoms with van der Waals surface area (Å²) in [6.07, 6.45) is -1.51. The Morgan fingerprint density at radius 2 is 1.89 bits per heavy atom. The Labute approximate surface area is 98.8 Å². The second-order valence-electron chi connectivity index (χ2n) is 3.45. The van der Waals surface area contributed by atoms with Crippen LogP contribution in [-0.4, -0.2) is 31.8 Å². The number of aromatic nitrogens is 1. The van der Waals surface area contributed by atoms with Crippen LogP contribution in [0.5, 0.6) is 0 Å². The number of carbonyl (C=O) groups is 2. The first-order chi connectivity index (χ1) is 8.41. The maximum Gasteiger partial charge on any atom is 0.416 e. The predicted molar refractivity (Wildman–Crippen MR) is 59.0 cm³/mol. The smallest absolute Gasteiger partial charge is 0.416 e. The van der Waals surface area contributed by atoms with Crippen LogP contribution in [0.25, 0.3) is 10.9 Å². The molecule has 2 N–H and O–H groups in total. The first-order valence-electron chi connectivity index (χ1n) is 4.68. The Morgan fingerprint density at radius 3 is 2.39 bits per heavy atom. The summed E-state index contributed by atoms with van der Waals surface area (Å²) in [5.41, 5.74) is -0.799. The third-order valence-corrected chi connectivity index (χ3v) is 2.41. The van der Waals surface area contributed by atoms with Gasteiger partial charge in [0.25, 0.3) is 5.69 Å². The van der Waals surface area contributed by atoms with Gasteiger partial charge in [0.15, 0.2) is 0 Å². The number of benzene rings is 1. The summed E-state index contributed by atoms with van der Waals surface area (Å²) in [6.45, 7) is 0. The van der Waals surface area contributed by atoms with Crippen LogP contribution >= 0.6 is 0 Å². The maximum absolute atomic E-state index is 11.0. The molecule has 2 rings (SSSR count). The van der Waals surface area contributed by atoms with Crippen molar-refractivity contribution in [2.24, 2.45) is 0 Å². The Balaban J connectivity index is 2.84. The number of rotatable bonds is 2. The summed E-state index contributed by atoms with van der Waals surface area (Å²) in [7, 11) is 0. The van der Waals surface area contributed by atoms with E-state index in [1.807, 2.05) is 0 Å². The lowest BCUT2D eigenvalue weighted by molar-refractivity contribution is -0.384. The molecule has 0 saturated heterocycles. The van der Waals surface area contributed by atoms with Crippen molar-refractivity contribution in [3.8, 4) is 0 Å². The Kier molecular flexibility index (Phi) is 2.47. The Hall–Kier alpha value is -2.90. The van der Waals surface area contributed by atoms with Gasteiger partial charge in [-0.15, -0.1) is 0 Å². The summed E-state index contributed by atoms with van der Waals surface area (Å²) in [5, 5.41) is 28.7. The fourth-order valence-corrected chi connectivity index (χ4v) is 1.67. The highest BCUT2D eigenvalue weighted by Gasteiger charge is 2.20. The molecule has 8 heteroatoms. The second kappa shape index (κ2) is 3.84. The summed E-state index contributed by atoms with van der Waals surface area (Å²) >= 11 is 0. The minimum atomic E-state index is -1.51. The first-order valence-corrected chi connectivity index (χ1v) is 4.68. The van der Waals surface area contributed by atoms with E-state index in [0.717, 1.165) is 12.1 Å². The van der Waals surface area contributed by atoms with Gasteiger partial charge in [-0.3, -0.25) is 10.1 Å². The van der Waals surface area contributed by atoms with Gasteiger partial charge >= 0.3 is 12.1 Å². The zero-order chi connectivity index (χ0) is 13.4. The third kappa shape index (κ3) is 1.65. The van der Waals surface area contributed by atoms with Crippen molar-refractivity contribution in [2.45, 2.75) is 0 Å². The van der Waals surface area contributed by atoms with E-state index >= 15 is 0 Å². The number of nitrogens with zero attached hydrogens (tertiary/aromatic N) is 2. The van der Waals surface area contributed by atoms with Gasteiger partial charge in [0, 0.05) is 17.5 Å². The van der Waals surface area contributed by atoms with Crippen molar-refractivity contribution in [1.29, 1.82) is 0 Å². The van der Waals surface area contributed by atoms with E-state index in [0.29, 0.717) is 9.95 Å². The molecule has 1 aromatic carbocycles. The molecule has 0 atom stereocenters. The van der Waals surface area contributed by atoms with Crippen LogP contribution in [0.1, 0.15) is 10.5 Å². The number of hydrogen-bond donors (Lipinski definition) is 2. The van der Waals surface area contributed by atoms with E-state index in [9.17, 15) is 19.7 Å². The molecule has 0 saturated carbocycles. The number of nitro benzene ring substituents is 1. The van der Waals surface area contributed by atoms with E-state index < -0.39 is 22.7 Å². The molecule has 1 aromatic heterocycles. The van der Waals surface area contributed by atoms with E-state index in [4.69, 9.17) is 10.2 Å². The summed E-state index contributed by atoms with van der Waals surface area (Å²) < 4.78 is 0.505. The molecule has 0 spiro atoms. The topological polar surface area (TPSA) is 123 Å². The molecule has 2 aromatic rings. The van der Waals surface area contributed by atoms with Gasteiger partial charge in [0.2, 0.25) is 0 Å². The summed E-state index contributed by atoms with van der Waals surface area (Å²) in [4.78, 5) is 31.8. The number of carboxylic acid groups (broad SMARTS) is 2. The fraction of sp³-hybridized carbons (Fsp3) is 0. The normalized spacial score (nSPS) is 10.4. The number of non-ortho nitro benzene ring substituents is 1. The fourth-order valence-electron chi connectivity index (χ4n) is 1.67. The van der Waals surface area contributed by atoms with Crippen molar-refractivity contribution < 1.29 is 24.7 Å². The van der Waals surface area contributed by atoms with Gasteiger partial charge in [-0.1, -0.05) is 0 Å². The highest BCUT2D eigenvalue weighted by Crippen LogP contribution is 2.24. The molecule has 0 aliphatic rings. The van der Waals surface area contributed by atoms with Crippen molar-refractivity contribution >= 4 is 28.7 Å². The molecule has 18 heavy (non-hydrogen) atoms. The average Bonchev–Trinajstić information content (AvgIpc) is 2.66. The zero-order valence-electron chi connectivity index (χ0n) is 8.73. The lowest BCUT2D eigenvalue weighted by atomic mass is 10.2. The largest absolute Gasteiger partial charge is 0.477 e. The molecule has 0 aliphatic carbocycles. The van der Waals surface area contributed by atoms with Crippen LogP contribution in [0.2, 0.25) is 0 Å². The predicted octanol–water partition coefficient (Wildman–Crippen LogP) is 1.77. The van der Waals surface area contributed by atoms with Crippen LogP contribution in [0, 0.1) is 10.1 Å². The molecule has 8 nitrogen and oxygen atoms in total. The van der Waals surface area contributed by atoms with Gasteiger partial charge in [-0.2, -0.15) is 0 Å². The summed E-state index contributed by atoms with van der Waals surface area (Å²) in [6, 6.07) is 4.66. The van der Waals surface area contributed by atoms with E-state index in [2.05, 4.69) is 0 Å². The van der Waals surface area contributed by atoms with Gasteiger partial charge in [0.05, 0.1) is 10.4 Å². The molecule has 0 aliphatic heterocycles. The number of aromatic carboxylic acids is 1. The van der Waals surface area contributed by atoms with Crippen molar-refractivity contribution in [2.75, 3.05) is 0 Å². The van der Waals surface area contributed by atoms with E-state index in [1.165, 1.54) is 12.1 Å². The number of carboxylic acids is 1. The molecule has 92 valence electrons. The molecule has 0 amide bonds. The van der Waals surface area contributed by atoms with Crippen molar-refractivity contribution in [3.05, 3.63) is 40.1 Å². The van der Waals surface area contributed by atoms with Crippen LogP contribution in [0.4, 0.5) is 10.5 Å². The quantitative estimate of drug-likeness (QED) is 0.618. The SMILES string of the molecule is O=C(O)c1cc2ccc([N+](=O)[O-])cc2n1C(=O)O. The van der Waals surface area contributed by atoms with Gasteiger partial charge < -0.3 is 10.2 Å².